The van der Waals surface area contributed by atoms with Gasteiger partial charge in [0.1, 0.15) is 23.7 Å². The molecular weight excluding hydrogens is 378 g/mol. The molecule has 0 fully saturated rings. The summed E-state index contributed by atoms with van der Waals surface area (Å²) in [4.78, 5) is 19.8. The molecule has 1 aliphatic heterocycles. The minimum absolute atomic E-state index is 0.113. The Kier molecular flexibility index (Phi) is 4.06. The topological polar surface area (TPSA) is 87.9 Å². The number of amides is 1. The number of rotatable bonds is 3. The molecule has 1 atom stereocenters. The Labute approximate surface area is 173 Å². The van der Waals surface area contributed by atoms with Crippen LogP contribution in [0.2, 0.25) is 0 Å². The SMILES string of the molecule is CC(C)(C)c1n[nH]c2c1C(c1ccccn1)N(c1ccc(-c3ccon3)cc1)C2=O. The van der Waals surface area contributed by atoms with Crippen molar-refractivity contribution >= 4 is 11.6 Å². The summed E-state index contributed by atoms with van der Waals surface area (Å²) in [6.07, 6.45) is 3.29. The molecule has 0 saturated heterocycles. The van der Waals surface area contributed by atoms with E-state index in [0.717, 1.165) is 33.9 Å². The molecule has 5 rings (SSSR count). The summed E-state index contributed by atoms with van der Waals surface area (Å²) in [6, 6.07) is 14.9. The highest BCUT2D eigenvalue weighted by molar-refractivity contribution is 6.10. The van der Waals surface area contributed by atoms with Gasteiger partial charge < -0.3 is 4.52 Å². The van der Waals surface area contributed by atoms with Gasteiger partial charge in [0, 0.05) is 34.5 Å². The minimum Gasteiger partial charge on any atom is -0.364 e. The van der Waals surface area contributed by atoms with E-state index < -0.39 is 0 Å². The van der Waals surface area contributed by atoms with E-state index in [4.69, 9.17) is 4.52 Å². The fourth-order valence-corrected chi connectivity index (χ4v) is 3.96. The molecule has 1 aliphatic rings. The van der Waals surface area contributed by atoms with E-state index in [0.29, 0.717) is 5.69 Å². The van der Waals surface area contributed by atoms with Gasteiger partial charge in [0.15, 0.2) is 0 Å². The third-order valence-corrected chi connectivity index (χ3v) is 5.33. The number of nitrogens with one attached hydrogen (secondary N) is 1. The van der Waals surface area contributed by atoms with Gasteiger partial charge in [-0.3, -0.25) is 19.8 Å². The molecule has 4 heterocycles. The van der Waals surface area contributed by atoms with Crippen molar-refractivity contribution in [1.29, 1.82) is 0 Å². The van der Waals surface area contributed by atoms with Gasteiger partial charge >= 0.3 is 0 Å². The van der Waals surface area contributed by atoms with Crippen molar-refractivity contribution in [1.82, 2.24) is 20.3 Å². The zero-order chi connectivity index (χ0) is 20.9. The first-order valence-electron chi connectivity index (χ1n) is 9.79. The number of fused-ring (bicyclic) bond motifs is 1. The van der Waals surface area contributed by atoms with Gasteiger partial charge in [-0.15, -0.1) is 0 Å². The molecule has 7 nitrogen and oxygen atoms in total. The number of carbonyl (C=O) groups is 1. The number of H-pyrrole nitrogens is 1. The summed E-state index contributed by atoms with van der Waals surface area (Å²) in [7, 11) is 0. The van der Waals surface area contributed by atoms with Crippen molar-refractivity contribution in [2.75, 3.05) is 4.90 Å². The van der Waals surface area contributed by atoms with Gasteiger partial charge in [-0.1, -0.05) is 44.1 Å². The zero-order valence-corrected chi connectivity index (χ0v) is 17.0. The Bertz CT molecular complexity index is 1190. The second-order valence-electron chi connectivity index (χ2n) is 8.37. The average molecular weight is 399 g/mol. The lowest BCUT2D eigenvalue weighted by Crippen LogP contribution is -2.30. The number of aromatic nitrogens is 4. The first kappa shape index (κ1) is 18.3. The lowest BCUT2D eigenvalue weighted by molar-refractivity contribution is 0.0988. The van der Waals surface area contributed by atoms with E-state index in [1.807, 2.05) is 42.5 Å². The van der Waals surface area contributed by atoms with Crippen LogP contribution >= 0.6 is 0 Å². The molecule has 150 valence electrons. The van der Waals surface area contributed by atoms with E-state index in [2.05, 4.69) is 41.1 Å². The number of hydrogen-bond donors (Lipinski definition) is 1. The molecule has 1 aromatic carbocycles. The molecule has 4 aromatic rings. The van der Waals surface area contributed by atoms with Gasteiger partial charge in [0.25, 0.3) is 5.91 Å². The van der Waals surface area contributed by atoms with E-state index in [-0.39, 0.29) is 17.4 Å². The maximum atomic E-state index is 13.4. The molecule has 0 bridgehead atoms. The number of benzene rings is 1. The fourth-order valence-electron chi connectivity index (χ4n) is 3.96. The normalized spacial score (nSPS) is 16.2. The van der Waals surface area contributed by atoms with Gasteiger partial charge in [-0.2, -0.15) is 5.10 Å². The summed E-state index contributed by atoms with van der Waals surface area (Å²) in [5.74, 6) is -0.113. The molecule has 1 unspecified atom stereocenters. The summed E-state index contributed by atoms with van der Waals surface area (Å²) in [6.45, 7) is 6.29. The molecule has 0 aliphatic carbocycles. The molecule has 30 heavy (non-hydrogen) atoms. The van der Waals surface area contributed by atoms with E-state index >= 15 is 0 Å². The lowest BCUT2D eigenvalue weighted by Gasteiger charge is -2.27. The van der Waals surface area contributed by atoms with E-state index in [1.165, 1.54) is 6.26 Å². The highest BCUT2D eigenvalue weighted by Crippen LogP contribution is 2.44. The number of aromatic amines is 1. The van der Waals surface area contributed by atoms with Crippen LogP contribution in [0.3, 0.4) is 0 Å². The number of carbonyl (C=O) groups excluding carboxylic acids is 1. The van der Waals surface area contributed by atoms with Crippen LogP contribution in [0.25, 0.3) is 11.3 Å². The maximum absolute atomic E-state index is 13.4. The van der Waals surface area contributed by atoms with Gasteiger partial charge in [-0.25, -0.2) is 0 Å². The van der Waals surface area contributed by atoms with Crippen molar-refractivity contribution in [3.63, 3.8) is 0 Å². The average Bonchev–Trinajstić information content (AvgIpc) is 3.46. The first-order valence-corrected chi connectivity index (χ1v) is 9.79. The standard InChI is InChI=1S/C23H21N5O2/c1-23(2,3)21-18-19(25-26-21)22(29)28(20(18)17-6-4-5-12-24-17)15-9-7-14(8-10-15)16-11-13-30-27-16/h4-13,20H,1-3H3,(H,25,26). The van der Waals surface area contributed by atoms with Crippen LogP contribution in [0.1, 0.15) is 54.3 Å². The smallest absolute Gasteiger partial charge is 0.277 e. The minimum atomic E-state index is -0.348. The molecule has 0 saturated carbocycles. The lowest BCUT2D eigenvalue weighted by atomic mass is 9.86. The third-order valence-electron chi connectivity index (χ3n) is 5.33. The molecule has 7 heteroatoms. The molecule has 3 aromatic heterocycles. The van der Waals surface area contributed by atoms with Crippen molar-refractivity contribution in [3.8, 4) is 11.3 Å². The Hall–Kier alpha value is -3.74. The predicted octanol–water partition coefficient (Wildman–Crippen LogP) is 4.51. The fraction of sp³-hybridized carbons (Fsp3) is 0.217. The molecular formula is C23H21N5O2. The summed E-state index contributed by atoms with van der Waals surface area (Å²) >= 11 is 0. The van der Waals surface area contributed by atoms with E-state index in [9.17, 15) is 4.79 Å². The molecule has 1 N–H and O–H groups in total. The summed E-state index contributed by atoms with van der Waals surface area (Å²) in [5.41, 5.74) is 5.34. The highest BCUT2D eigenvalue weighted by Gasteiger charge is 2.45. The number of nitrogens with zero attached hydrogens (tertiary/aromatic N) is 4. The second-order valence-corrected chi connectivity index (χ2v) is 8.37. The van der Waals surface area contributed by atoms with Crippen LogP contribution in [0.5, 0.6) is 0 Å². The van der Waals surface area contributed by atoms with Gasteiger partial charge in [0.2, 0.25) is 0 Å². The van der Waals surface area contributed by atoms with Gasteiger partial charge in [0.05, 0.1) is 11.4 Å². The first-order chi connectivity index (χ1) is 14.4. The van der Waals surface area contributed by atoms with Crippen LogP contribution in [0, 0.1) is 0 Å². The van der Waals surface area contributed by atoms with Crippen molar-refractivity contribution in [2.24, 2.45) is 0 Å². The van der Waals surface area contributed by atoms with Crippen molar-refractivity contribution in [2.45, 2.75) is 32.2 Å². The maximum Gasteiger partial charge on any atom is 0.277 e. The van der Waals surface area contributed by atoms with Gasteiger partial charge in [-0.05, 0) is 24.3 Å². The van der Waals surface area contributed by atoms with Crippen LogP contribution < -0.4 is 4.90 Å². The quantitative estimate of drug-likeness (QED) is 0.548. The molecule has 0 spiro atoms. The van der Waals surface area contributed by atoms with Crippen LogP contribution in [-0.2, 0) is 5.41 Å². The zero-order valence-electron chi connectivity index (χ0n) is 17.0. The van der Waals surface area contributed by atoms with Crippen molar-refractivity contribution in [3.05, 3.63) is 83.6 Å². The Morgan fingerprint density at radius 2 is 1.87 bits per heavy atom. The Balaban J connectivity index is 1.64. The summed E-state index contributed by atoms with van der Waals surface area (Å²) < 4.78 is 4.93. The molecule has 1 amide bonds. The predicted molar refractivity (Wildman–Crippen MR) is 112 cm³/mol. The highest BCUT2D eigenvalue weighted by atomic mass is 16.5. The monoisotopic (exact) mass is 399 g/mol. The van der Waals surface area contributed by atoms with Crippen LogP contribution in [-0.4, -0.2) is 26.2 Å². The second kappa shape index (κ2) is 6.66. The summed E-state index contributed by atoms with van der Waals surface area (Å²) in [5, 5.41) is 11.5. The molecule has 0 radical (unpaired) electrons. The third kappa shape index (κ3) is 2.82. The van der Waals surface area contributed by atoms with Crippen molar-refractivity contribution < 1.29 is 9.32 Å². The number of anilines is 1. The van der Waals surface area contributed by atoms with Crippen LogP contribution in [0.15, 0.2) is 65.5 Å². The Morgan fingerprint density at radius 1 is 1.07 bits per heavy atom. The van der Waals surface area contributed by atoms with Crippen LogP contribution in [0.4, 0.5) is 5.69 Å². The Morgan fingerprint density at radius 3 is 2.50 bits per heavy atom. The van der Waals surface area contributed by atoms with E-state index in [1.54, 1.807) is 17.2 Å². The number of hydrogen-bond acceptors (Lipinski definition) is 5. The number of pyridine rings is 1. The largest absolute Gasteiger partial charge is 0.364 e.